The molecule has 0 heterocycles. The number of hydrogen-bond acceptors (Lipinski definition) is 1. The number of rotatable bonds is 5. The molecule has 0 bridgehead atoms. The molecule has 0 spiro atoms. The molecule has 0 radical (unpaired) electrons. The Morgan fingerprint density at radius 2 is 0.984 bits per heavy atom. The highest BCUT2D eigenvalue weighted by molar-refractivity contribution is 6.07. The lowest BCUT2D eigenvalue weighted by molar-refractivity contribution is 0.590. The van der Waals surface area contributed by atoms with Crippen LogP contribution < -0.4 is 4.90 Å². The predicted molar refractivity (Wildman–Crippen MR) is 261 cm³/mol. The van der Waals surface area contributed by atoms with E-state index in [0.29, 0.717) is 0 Å². The van der Waals surface area contributed by atoms with Crippen LogP contribution in [-0.2, 0) is 16.2 Å². The highest BCUT2D eigenvalue weighted by Gasteiger charge is 2.38. The lowest BCUT2D eigenvalue weighted by atomic mass is 9.81. The van der Waals surface area contributed by atoms with Crippen molar-refractivity contribution in [1.29, 1.82) is 0 Å². The molecule has 11 rings (SSSR count). The van der Waals surface area contributed by atoms with Gasteiger partial charge in [-0.05, 0) is 137 Å². The van der Waals surface area contributed by atoms with E-state index in [1.165, 1.54) is 93.9 Å². The lowest BCUT2D eigenvalue weighted by Gasteiger charge is -2.33. The first-order valence-corrected chi connectivity index (χ1v) is 21.8. The van der Waals surface area contributed by atoms with E-state index in [2.05, 4.69) is 235 Å². The van der Waals surface area contributed by atoms with Gasteiger partial charge < -0.3 is 4.90 Å². The number of benzene rings is 9. The van der Waals surface area contributed by atoms with Crippen molar-refractivity contribution in [3.05, 3.63) is 210 Å². The van der Waals surface area contributed by atoms with E-state index < -0.39 is 0 Å². The van der Waals surface area contributed by atoms with Crippen LogP contribution in [0.5, 0.6) is 0 Å². The van der Waals surface area contributed by atoms with Gasteiger partial charge in [-0.1, -0.05) is 182 Å². The van der Waals surface area contributed by atoms with Crippen molar-refractivity contribution >= 4 is 38.6 Å². The Bertz CT molecular complexity index is 3230. The minimum atomic E-state index is -0.193. The second kappa shape index (κ2) is 13.4. The van der Waals surface area contributed by atoms with Crippen LogP contribution in [0.2, 0.25) is 0 Å². The number of anilines is 3. The molecule has 61 heavy (non-hydrogen) atoms. The summed E-state index contributed by atoms with van der Waals surface area (Å²) in [5.74, 6) is 0. The molecule has 2 aliphatic rings. The molecule has 0 fully saturated rings. The second-order valence-electron chi connectivity index (χ2n) is 19.4. The molecule has 0 aliphatic heterocycles. The van der Waals surface area contributed by atoms with E-state index in [4.69, 9.17) is 0 Å². The summed E-state index contributed by atoms with van der Waals surface area (Å²) >= 11 is 0. The van der Waals surface area contributed by atoms with Crippen molar-refractivity contribution in [3.63, 3.8) is 0 Å². The topological polar surface area (TPSA) is 3.24 Å². The van der Waals surface area contributed by atoms with E-state index in [9.17, 15) is 0 Å². The van der Waals surface area contributed by atoms with Crippen molar-refractivity contribution in [2.75, 3.05) is 4.90 Å². The van der Waals surface area contributed by atoms with Crippen LogP contribution in [0.3, 0.4) is 0 Å². The van der Waals surface area contributed by atoms with Crippen LogP contribution in [0.25, 0.3) is 66.1 Å². The summed E-state index contributed by atoms with van der Waals surface area (Å²) in [7, 11) is 0. The van der Waals surface area contributed by atoms with E-state index in [1.807, 2.05) is 0 Å². The zero-order valence-corrected chi connectivity index (χ0v) is 36.3. The van der Waals surface area contributed by atoms with Crippen LogP contribution in [-0.4, -0.2) is 0 Å². The molecule has 9 aromatic rings. The molecular weight excluding hydrogens is 735 g/mol. The van der Waals surface area contributed by atoms with Crippen LogP contribution >= 0.6 is 0 Å². The third-order valence-electron chi connectivity index (χ3n) is 14.0. The van der Waals surface area contributed by atoms with Gasteiger partial charge in [0.25, 0.3) is 0 Å². The molecule has 9 aromatic carbocycles. The molecule has 296 valence electrons. The standard InChI is InChI=1S/C60H51N/c1-58(2,3)43-27-32-55(48(36-43)38-17-9-8-10-18-38)61(44-28-29-47-50-33-40-20-11-12-21-41(40)35-53(50)60(6,7)54(47)37-44)56-31-26-39-19-13-14-22-45(39)57(56)42-25-30-52-49(34-42)46-23-15-16-24-51(46)59(52,4)5/h8-37H,1-7H3. The molecule has 1 heteroatoms. The first-order valence-electron chi connectivity index (χ1n) is 21.8. The minimum Gasteiger partial charge on any atom is -0.309 e. The van der Waals surface area contributed by atoms with E-state index in [1.54, 1.807) is 0 Å². The maximum absolute atomic E-state index is 2.57. The van der Waals surface area contributed by atoms with Gasteiger partial charge in [-0.25, -0.2) is 0 Å². The summed E-state index contributed by atoms with van der Waals surface area (Å²) in [4.78, 5) is 2.57. The van der Waals surface area contributed by atoms with Crippen LogP contribution in [0.4, 0.5) is 17.1 Å². The Morgan fingerprint density at radius 1 is 0.377 bits per heavy atom. The van der Waals surface area contributed by atoms with Gasteiger partial charge in [0.1, 0.15) is 0 Å². The normalized spacial score (nSPS) is 14.4. The van der Waals surface area contributed by atoms with Gasteiger partial charge in [0.05, 0.1) is 11.4 Å². The Balaban J connectivity index is 1.21. The maximum Gasteiger partial charge on any atom is 0.0546 e. The van der Waals surface area contributed by atoms with Gasteiger partial charge in [-0.2, -0.15) is 0 Å². The number of fused-ring (bicyclic) bond motifs is 8. The van der Waals surface area contributed by atoms with Crippen LogP contribution in [0.15, 0.2) is 182 Å². The number of hydrogen-bond donors (Lipinski definition) is 0. The summed E-state index contributed by atoms with van der Waals surface area (Å²) < 4.78 is 0. The molecule has 0 saturated heterocycles. The lowest BCUT2D eigenvalue weighted by Crippen LogP contribution is -2.18. The summed E-state index contributed by atoms with van der Waals surface area (Å²) in [6.45, 7) is 16.5. The molecule has 0 aromatic heterocycles. The molecule has 0 N–H and O–H groups in total. The summed E-state index contributed by atoms with van der Waals surface area (Å²) in [6.07, 6.45) is 0. The fraction of sp³-hybridized carbons (Fsp3) is 0.167. The third-order valence-corrected chi connectivity index (χ3v) is 14.0. The third kappa shape index (κ3) is 5.74. The Labute approximate surface area is 361 Å². The summed E-state index contributed by atoms with van der Waals surface area (Å²) in [6, 6.07) is 68.8. The van der Waals surface area contributed by atoms with Crippen LogP contribution in [0, 0.1) is 0 Å². The van der Waals surface area contributed by atoms with Gasteiger partial charge in [-0.3, -0.25) is 0 Å². The van der Waals surface area contributed by atoms with E-state index in [0.717, 1.165) is 17.1 Å². The zero-order chi connectivity index (χ0) is 41.8. The SMILES string of the molecule is CC(C)(C)c1ccc(N(c2ccc3c(c2)C(C)(C)c2cc4ccccc4cc2-3)c2ccc3ccccc3c2-c2ccc3c(c2)-c2ccccc2C3(C)C)c(-c2ccccc2)c1. The minimum absolute atomic E-state index is 0.0254. The highest BCUT2D eigenvalue weighted by Crippen LogP contribution is 2.55. The molecule has 0 amide bonds. The van der Waals surface area contributed by atoms with Crippen molar-refractivity contribution in [3.8, 4) is 44.5 Å². The quantitative estimate of drug-likeness (QED) is 0.168. The maximum atomic E-state index is 2.57. The molecule has 1 nitrogen and oxygen atoms in total. The molecule has 2 aliphatic carbocycles. The average molecular weight is 786 g/mol. The average Bonchev–Trinajstić information content (AvgIpc) is 3.63. The molecular formula is C60H51N. The van der Waals surface area contributed by atoms with Crippen LogP contribution in [0.1, 0.15) is 76.3 Å². The Hall–Kier alpha value is -6.70. The van der Waals surface area contributed by atoms with Gasteiger partial charge in [0.2, 0.25) is 0 Å². The largest absolute Gasteiger partial charge is 0.309 e. The van der Waals surface area contributed by atoms with Gasteiger partial charge >= 0.3 is 0 Å². The summed E-state index contributed by atoms with van der Waals surface area (Å²) in [5, 5.41) is 5.04. The fourth-order valence-electron chi connectivity index (χ4n) is 10.6. The van der Waals surface area contributed by atoms with Gasteiger partial charge in [-0.15, -0.1) is 0 Å². The van der Waals surface area contributed by atoms with E-state index >= 15 is 0 Å². The van der Waals surface area contributed by atoms with Crippen molar-refractivity contribution in [2.24, 2.45) is 0 Å². The monoisotopic (exact) mass is 785 g/mol. The Morgan fingerprint density at radius 3 is 1.77 bits per heavy atom. The second-order valence-corrected chi connectivity index (χ2v) is 19.4. The summed E-state index contributed by atoms with van der Waals surface area (Å²) in [5.41, 5.74) is 20.2. The number of nitrogens with zero attached hydrogens (tertiary/aromatic N) is 1. The Kier molecular flexibility index (Phi) is 8.20. The van der Waals surface area contributed by atoms with Crippen molar-refractivity contribution in [1.82, 2.24) is 0 Å². The fourth-order valence-corrected chi connectivity index (χ4v) is 10.6. The van der Waals surface area contributed by atoms with Crippen molar-refractivity contribution in [2.45, 2.75) is 64.7 Å². The predicted octanol–water partition coefficient (Wildman–Crippen LogP) is 16.7. The smallest absolute Gasteiger partial charge is 0.0546 e. The van der Waals surface area contributed by atoms with E-state index in [-0.39, 0.29) is 16.2 Å². The molecule has 0 atom stereocenters. The first kappa shape index (κ1) is 37.3. The van der Waals surface area contributed by atoms with Gasteiger partial charge in [0.15, 0.2) is 0 Å². The zero-order valence-electron chi connectivity index (χ0n) is 36.3. The molecule has 0 saturated carbocycles. The van der Waals surface area contributed by atoms with Crippen molar-refractivity contribution < 1.29 is 0 Å². The molecule has 0 unspecified atom stereocenters. The highest BCUT2D eigenvalue weighted by atomic mass is 15.1. The first-order chi connectivity index (χ1) is 29.4. The van der Waals surface area contributed by atoms with Gasteiger partial charge in [0, 0.05) is 27.6 Å².